The maximum absolute atomic E-state index is 12.0. The summed E-state index contributed by atoms with van der Waals surface area (Å²) in [5.74, 6) is 0.133. The van der Waals surface area contributed by atoms with E-state index in [-0.39, 0.29) is 11.9 Å². The third-order valence-corrected chi connectivity index (χ3v) is 4.37. The van der Waals surface area contributed by atoms with E-state index in [4.69, 9.17) is 0 Å². The first-order chi connectivity index (χ1) is 9.33. The number of amides is 1. The molecule has 0 saturated heterocycles. The van der Waals surface area contributed by atoms with E-state index in [0.29, 0.717) is 12.6 Å². The molecule has 0 heterocycles. The molecular weight excluding hydrogens is 236 g/mol. The van der Waals surface area contributed by atoms with Crippen LogP contribution in [0.1, 0.15) is 49.3 Å². The molecule has 19 heavy (non-hydrogen) atoms. The number of nitrogens with one attached hydrogen (secondary N) is 2. The Kier molecular flexibility index (Phi) is 3.83. The van der Waals surface area contributed by atoms with E-state index in [9.17, 15) is 4.79 Å². The van der Waals surface area contributed by atoms with Crippen LogP contribution in [-0.2, 0) is 11.2 Å². The Morgan fingerprint density at radius 3 is 2.79 bits per heavy atom. The second-order valence-corrected chi connectivity index (χ2v) is 5.72. The molecule has 3 nitrogen and oxygen atoms in total. The van der Waals surface area contributed by atoms with Gasteiger partial charge in [0.1, 0.15) is 0 Å². The van der Waals surface area contributed by atoms with E-state index in [1.165, 1.54) is 36.8 Å². The van der Waals surface area contributed by atoms with Crippen molar-refractivity contribution < 1.29 is 4.79 Å². The van der Waals surface area contributed by atoms with Gasteiger partial charge in [0, 0.05) is 6.04 Å². The van der Waals surface area contributed by atoms with Crippen LogP contribution < -0.4 is 10.6 Å². The van der Waals surface area contributed by atoms with E-state index in [1.807, 2.05) is 0 Å². The van der Waals surface area contributed by atoms with Gasteiger partial charge in [0.2, 0.25) is 5.91 Å². The molecule has 2 aliphatic carbocycles. The van der Waals surface area contributed by atoms with E-state index in [1.54, 1.807) is 0 Å². The Bertz CT molecular complexity index is 452. The van der Waals surface area contributed by atoms with Crippen molar-refractivity contribution >= 4 is 5.91 Å². The van der Waals surface area contributed by atoms with Crippen molar-refractivity contribution in [2.75, 3.05) is 6.54 Å². The highest BCUT2D eigenvalue weighted by Gasteiger charge is 2.23. The van der Waals surface area contributed by atoms with Crippen molar-refractivity contribution in [1.82, 2.24) is 10.6 Å². The number of fused-ring (bicyclic) bond motifs is 1. The van der Waals surface area contributed by atoms with Crippen molar-refractivity contribution in [1.29, 1.82) is 0 Å². The molecule has 1 aromatic carbocycles. The summed E-state index contributed by atoms with van der Waals surface area (Å²) in [5.41, 5.74) is 2.69. The van der Waals surface area contributed by atoms with Gasteiger partial charge < -0.3 is 10.6 Å². The lowest BCUT2D eigenvalue weighted by atomic mass is 10.1. The summed E-state index contributed by atoms with van der Waals surface area (Å²) in [7, 11) is 0. The van der Waals surface area contributed by atoms with Gasteiger partial charge in [0.05, 0.1) is 12.6 Å². The molecule has 0 aliphatic heterocycles. The molecule has 0 aromatic heterocycles. The third-order valence-electron chi connectivity index (χ3n) is 4.37. The predicted molar refractivity (Wildman–Crippen MR) is 75.9 cm³/mol. The number of carbonyl (C=O) groups is 1. The zero-order valence-electron chi connectivity index (χ0n) is 11.3. The molecular formula is C16H22N2O. The summed E-state index contributed by atoms with van der Waals surface area (Å²) in [5, 5.41) is 6.52. The minimum absolute atomic E-state index is 0.133. The first-order valence-electron chi connectivity index (χ1n) is 7.43. The number of aryl methyl sites for hydroxylation is 1. The monoisotopic (exact) mass is 258 g/mol. The summed E-state index contributed by atoms with van der Waals surface area (Å²) < 4.78 is 0. The maximum atomic E-state index is 12.0. The molecule has 3 rings (SSSR count). The molecule has 2 N–H and O–H groups in total. The number of benzene rings is 1. The molecule has 1 amide bonds. The molecule has 1 unspecified atom stereocenters. The van der Waals surface area contributed by atoms with Crippen LogP contribution in [0.25, 0.3) is 0 Å². The zero-order chi connectivity index (χ0) is 13.1. The quantitative estimate of drug-likeness (QED) is 0.870. The van der Waals surface area contributed by atoms with Crippen LogP contribution in [0.4, 0.5) is 0 Å². The second kappa shape index (κ2) is 5.74. The van der Waals surface area contributed by atoms with Crippen molar-refractivity contribution in [2.24, 2.45) is 0 Å². The summed E-state index contributed by atoms with van der Waals surface area (Å²) in [6, 6.07) is 9.21. The minimum Gasteiger partial charge on any atom is -0.348 e. The molecule has 1 atom stereocenters. The normalized spacial score (nSPS) is 22.4. The largest absolute Gasteiger partial charge is 0.348 e. The average Bonchev–Trinajstić information content (AvgIpc) is 3.07. The Balaban J connectivity index is 1.50. The molecule has 1 fully saturated rings. The maximum Gasteiger partial charge on any atom is 0.234 e. The number of carbonyl (C=O) groups excluding carboxylic acids is 1. The fourth-order valence-electron chi connectivity index (χ4n) is 3.32. The van der Waals surface area contributed by atoms with Gasteiger partial charge in [-0.2, -0.15) is 0 Å². The molecule has 2 aliphatic rings. The van der Waals surface area contributed by atoms with E-state index >= 15 is 0 Å². The molecule has 0 radical (unpaired) electrons. The van der Waals surface area contributed by atoms with Crippen LogP contribution in [0, 0.1) is 0 Å². The Morgan fingerprint density at radius 1 is 1.16 bits per heavy atom. The molecule has 0 spiro atoms. The fraction of sp³-hybridized carbons (Fsp3) is 0.562. The SMILES string of the molecule is O=C(CNC1CCCC1)NC1CCc2ccccc21. The van der Waals surface area contributed by atoms with Gasteiger partial charge in [-0.15, -0.1) is 0 Å². The van der Waals surface area contributed by atoms with Gasteiger partial charge in [-0.05, 0) is 36.8 Å². The van der Waals surface area contributed by atoms with Crippen molar-refractivity contribution in [3.8, 4) is 0 Å². The fourth-order valence-corrected chi connectivity index (χ4v) is 3.32. The first-order valence-corrected chi connectivity index (χ1v) is 7.43. The van der Waals surface area contributed by atoms with E-state index < -0.39 is 0 Å². The molecule has 102 valence electrons. The van der Waals surface area contributed by atoms with Crippen molar-refractivity contribution in [3.05, 3.63) is 35.4 Å². The first kappa shape index (κ1) is 12.7. The van der Waals surface area contributed by atoms with Gasteiger partial charge in [0.15, 0.2) is 0 Å². The van der Waals surface area contributed by atoms with Gasteiger partial charge in [-0.25, -0.2) is 0 Å². The number of rotatable bonds is 4. The van der Waals surface area contributed by atoms with Crippen LogP contribution in [0.3, 0.4) is 0 Å². The minimum atomic E-state index is 0.133. The molecule has 1 aromatic rings. The zero-order valence-corrected chi connectivity index (χ0v) is 11.3. The summed E-state index contributed by atoms with van der Waals surface area (Å²) >= 11 is 0. The van der Waals surface area contributed by atoms with Crippen LogP contribution in [0.15, 0.2) is 24.3 Å². The Morgan fingerprint density at radius 2 is 1.95 bits per heavy atom. The lowest BCUT2D eigenvalue weighted by Crippen LogP contribution is -2.39. The van der Waals surface area contributed by atoms with Gasteiger partial charge >= 0.3 is 0 Å². The van der Waals surface area contributed by atoms with Crippen molar-refractivity contribution in [3.63, 3.8) is 0 Å². The number of hydrogen-bond acceptors (Lipinski definition) is 2. The van der Waals surface area contributed by atoms with E-state index in [0.717, 1.165) is 12.8 Å². The summed E-state index contributed by atoms with van der Waals surface area (Å²) in [6.45, 7) is 0.462. The third kappa shape index (κ3) is 2.98. The van der Waals surface area contributed by atoms with Gasteiger partial charge in [-0.3, -0.25) is 4.79 Å². The lowest BCUT2D eigenvalue weighted by Gasteiger charge is -2.16. The smallest absolute Gasteiger partial charge is 0.234 e. The molecule has 0 bridgehead atoms. The van der Waals surface area contributed by atoms with Gasteiger partial charge in [0.25, 0.3) is 0 Å². The summed E-state index contributed by atoms with van der Waals surface area (Å²) in [6.07, 6.45) is 7.16. The van der Waals surface area contributed by atoms with E-state index in [2.05, 4.69) is 34.9 Å². The molecule has 3 heteroatoms. The van der Waals surface area contributed by atoms with Crippen LogP contribution in [0.2, 0.25) is 0 Å². The van der Waals surface area contributed by atoms with Crippen LogP contribution in [-0.4, -0.2) is 18.5 Å². The summed E-state index contributed by atoms with van der Waals surface area (Å²) in [4.78, 5) is 12.0. The van der Waals surface area contributed by atoms with Crippen LogP contribution in [0.5, 0.6) is 0 Å². The van der Waals surface area contributed by atoms with Crippen LogP contribution >= 0.6 is 0 Å². The Labute approximate surface area is 114 Å². The standard InChI is InChI=1S/C16H22N2O/c19-16(11-17-13-6-2-3-7-13)18-15-10-9-12-5-1-4-8-14(12)15/h1,4-5,8,13,15,17H,2-3,6-7,9-11H2,(H,18,19). The highest BCUT2D eigenvalue weighted by molar-refractivity contribution is 5.78. The highest BCUT2D eigenvalue weighted by Crippen LogP contribution is 2.30. The predicted octanol–water partition coefficient (Wildman–Crippen LogP) is 2.32. The lowest BCUT2D eigenvalue weighted by molar-refractivity contribution is -0.121. The highest BCUT2D eigenvalue weighted by atomic mass is 16.2. The molecule has 1 saturated carbocycles. The Hall–Kier alpha value is -1.35. The second-order valence-electron chi connectivity index (χ2n) is 5.72. The van der Waals surface area contributed by atoms with Crippen molar-refractivity contribution in [2.45, 2.75) is 50.6 Å². The topological polar surface area (TPSA) is 41.1 Å². The number of hydrogen-bond donors (Lipinski definition) is 2. The average molecular weight is 258 g/mol. The van der Waals surface area contributed by atoms with Gasteiger partial charge in [-0.1, -0.05) is 37.1 Å².